The molecule has 0 bridgehead atoms. The third-order valence-corrected chi connectivity index (χ3v) is 3.71. The second-order valence-corrected chi connectivity index (χ2v) is 5.33. The Kier molecular flexibility index (Phi) is 3.13. The molecule has 2 heterocycles. The van der Waals surface area contributed by atoms with E-state index in [1.165, 1.54) is 4.57 Å². The lowest BCUT2D eigenvalue weighted by Gasteiger charge is -2.05. The number of anilines is 1. The zero-order valence-corrected chi connectivity index (χ0v) is 12.8. The first-order valence-electron chi connectivity index (χ1n) is 7.32. The van der Waals surface area contributed by atoms with Crippen molar-refractivity contribution < 1.29 is 4.42 Å². The zero-order valence-electron chi connectivity index (χ0n) is 12.8. The second kappa shape index (κ2) is 5.31. The van der Waals surface area contributed by atoms with E-state index in [0.29, 0.717) is 28.3 Å². The van der Waals surface area contributed by atoms with Crippen molar-refractivity contribution in [2.75, 3.05) is 5.73 Å². The number of hydrogen-bond donors (Lipinski definition) is 1. The monoisotopic (exact) mass is 319 g/mol. The van der Waals surface area contributed by atoms with Gasteiger partial charge in [-0.2, -0.15) is 0 Å². The van der Waals surface area contributed by atoms with Crippen LogP contribution in [0.15, 0.2) is 57.7 Å². The van der Waals surface area contributed by atoms with E-state index in [2.05, 4.69) is 15.2 Å². The van der Waals surface area contributed by atoms with Crippen molar-refractivity contribution in [1.82, 2.24) is 19.7 Å². The van der Waals surface area contributed by atoms with Crippen LogP contribution in [0.3, 0.4) is 0 Å². The summed E-state index contributed by atoms with van der Waals surface area (Å²) >= 11 is 0. The number of aryl methyl sites for hydroxylation is 1. The summed E-state index contributed by atoms with van der Waals surface area (Å²) in [5, 5.41) is 8.49. The van der Waals surface area contributed by atoms with Gasteiger partial charge in [0.05, 0.1) is 10.9 Å². The van der Waals surface area contributed by atoms with Gasteiger partial charge in [-0.05, 0) is 43.3 Å². The molecule has 0 atom stereocenters. The predicted octanol–water partition coefficient (Wildman–Crippen LogP) is 2.33. The molecule has 2 aromatic heterocycles. The van der Waals surface area contributed by atoms with Gasteiger partial charge in [0.25, 0.3) is 5.56 Å². The molecule has 24 heavy (non-hydrogen) atoms. The summed E-state index contributed by atoms with van der Waals surface area (Å²) in [6.07, 6.45) is 0. The highest BCUT2D eigenvalue weighted by Gasteiger charge is 2.16. The smallest absolute Gasteiger partial charge is 0.331 e. The van der Waals surface area contributed by atoms with Gasteiger partial charge in [-0.3, -0.25) is 4.79 Å². The van der Waals surface area contributed by atoms with E-state index < -0.39 is 0 Å². The largest absolute Gasteiger partial charge is 0.403 e. The summed E-state index contributed by atoms with van der Waals surface area (Å²) in [5.74, 6) is 0.788. The van der Waals surface area contributed by atoms with Crippen LogP contribution in [0, 0.1) is 6.92 Å². The van der Waals surface area contributed by atoms with Crippen LogP contribution >= 0.6 is 0 Å². The van der Waals surface area contributed by atoms with Crippen molar-refractivity contribution >= 4 is 16.6 Å². The highest BCUT2D eigenvalue weighted by Crippen LogP contribution is 2.20. The minimum absolute atomic E-state index is 0.0857. The number of rotatable bonds is 2. The maximum absolute atomic E-state index is 12.7. The zero-order chi connectivity index (χ0) is 16.7. The molecule has 7 nitrogen and oxygen atoms in total. The van der Waals surface area contributed by atoms with Crippen LogP contribution in [0.1, 0.15) is 5.82 Å². The van der Waals surface area contributed by atoms with Gasteiger partial charge in [0.15, 0.2) is 0 Å². The second-order valence-electron chi connectivity index (χ2n) is 5.33. The number of nitrogens with zero attached hydrogens (tertiary/aromatic N) is 4. The molecule has 0 amide bonds. The molecule has 7 heteroatoms. The lowest BCUT2D eigenvalue weighted by Crippen LogP contribution is -2.22. The lowest BCUT2D eigenvalue weighted by molar-refractivity contribution is 0.527. The highest BCUT2D eigenvalue weighted by molar-refractivity contribution is 5.77. The first-order valence-corrected chi connectivity index (χ1v) is 7.32. The summed E-state index contributed by atoms with van der Waals surface area (Å²) in [6, 6.07) is 14.3. The molecule has 0 saturated carbocycles. The Hall–Kier alpha value is -3.48. The van der Waals surface area contributed by atoms with Gasteiger partial charge in [0, 0.05) is 11.3 Å². The third-order valence-electron chi connectivity index (χ3n) is 3.71. The fraction of sp³-hybridized carbons (Fsp3) is 0.0588. The van der Waals surface area contributed by atoms with Gasteiger partial charge in [-0.25, -0.2) is 9.55 Å². The van der Waals surface area contributed by atoms with Crippen molar-refractivity contribution in [3.05, 3.63) is 64.7 Å². The molecule has 0 saturated heterocycles. The first-order chi connectivity index (χ1) is 11.6. The number of benzene rings is 2. The standard InChI is InChI=1S/C17H13N5O2/c1-10-19-14-5-3-2-4-13(14)16(23)22(10)17-21-20-15(24-17)11-6-8-12(18)9-7-11/h2-9H,18H2,1H3. The number of hydrogen-bond acceptors (Lipinski definition) is 6. The van der Waals surface area contributed by atoms with Crippen LogP contribution in [0.5, 0.6) is 0 Å². The van der Waals surface area contributed by atoms with Crippen LogP contribution < -0.4 is 11.3 Å². The molecule has 2 N–H and O–H groups in total. The Morgan fingerprint density at radius 2 is 1.79 bits per heavy atom. The Bertz CT molecular complexity index is 1100. The van der Waals surface area contributed by atoms with E-state index in [4.69, 9.17) is 10.2 Å². The summed E-state index contributed by atoms with van der Waals surface area (Å²) in [4.78, 5) is 17.1. The number of para-hydroxylation sites is 1. The summed E-state index contributed by atoms with van der Waals surface area (Å²) in [6.45, 7) is 1.72. The van der Waals surface area contributed by atoms with Crippen LogP contribution in [0.25, 0.3) is 28.4 Å². The molecule has 0 spiro atoms. The third kappa shape index (κ3) is 2.23. The molecule has 0 aliphatic heterocycles. The maximum atomic E-state index is 12.7. The molecule has 0 radical (unpaired) electrons. The average molecular weight is 319 g/mol. The van der Waals surface area contributed by atoms with Crippen molar-refractivity contribution in [1.29, 1.82) is 0 Å². The molecule has 118 valence electrons. The molecular weight excluding hydrogens is 306 g/mol. The number of aromatic nitrogens is 4. The summed E-state index contributed by atoms with van der Waals surface area (Å²) in [5.41, 5.74) is 7.43. The number of nitrogen functional groups attached to an aromatic ring is 1. The van der Waals surface area contributed by atoms with E-state index in [1.54, 1.807) is 49.4 Å². The van der Waals surface area contributed by atoms with Gasteiger partial charge < -0.3 is 10.2 Å². The number of fused-ring (bicyclic) bond motifs is 1. The molecule has 4 aromatic rings. The van der Waals surface area contributed by atoms with Crippen LogP contribution in [-0.4, -0.2) is 19.7 Å². The Morgan fingerprint density at radius 1 is 1.04 bits per heavy atom. The molecule has 2 aromatic carbocycles. The van der Waals surface area contributed by atoms with E-state index >= 15 is 0 Å². The molecule has 4 rings (SSSR count). The van der Waals surface area contributed by atoms with Crippen molar-refractivity contribution in [3.8, 4) is 17.5 Å². The molecule has 0 aliphatic carbocycles. The molecular formula is C17H13N5O2. The van der Waals surface area contributed by atoms with Crippen LogP contribution in [0.4, 0.5) is 5.69 Å². The van der Waals surface area contributed by atoms with Crippen molar-refractivity contribution in [2.24, 2.45) is 0 Å². The van der Waals surface area contributed by atoms with E-state index in [1.807, 2.05) is 6.07 Å². The quantitative estimate of drug-likeness (QED) is 0.569. The first kappa shape index (κ1) is 14.1. The van der Waals surface area contributed by atoms with Crippen molar-refractivity contribution in [3.63, 3.8) is 0 Å². The van der Waals surface area contributed by atoms with Gasteiger partial charge >= 0.3 is 6.01 Å². The fourth-order valence-electron chi connectivity index (χ4n) is 2.52. The predicted molar refractivity (Wildman–Crippen MR) is 89.8 cm³/mol. The van der Waals surface area contributed by atoms with E-state index in [9.17, 15) is 4.79 Å². The van der Waals surface area contributed by atoms with Crippen LogP contribution in [0.2, 0.25) is 0 Å². The number of nitrogens with two attached hydrogens (primary N) is 1. The van der Waals surface area contributed by atoms with Gasteiger partial charge in [0.1, 0.15) is 5.82 Å². The minimum Gasteiger partial charge on any atom is -0.403 e. The van der Waals surface area contributed by atoms with Gasteiger partial charge in [-0.15, -0.1) is 5.10 Å². The van der Waals surface area contributed by atoms with E-state index in [-0.39, 0.29) is 11.6 Å². The summed E-state index contributed by atoms with van der Waals surface area (Å²) < 4.78 is 6.98. The Morgan fingerprint density at radius 3 is 2.58 bits per heavy atom. The van der Waals surface area contributed by atoms with Crippen LogP contribution in [-0.2, 0) is 0 Å². The minimum atomic E-state index is -0.245. The normalized spacial score (nSPS) is 11.0. The maximum Gasteiger partial charge on any atom is 0.331 e. The molecule has 0 aliphatic rings. The summed E-state index contributed by atoms with van der Waals surface area (Å²) in [7, 11) is 0. The molecule has 0 fully saturated rings. The van der Waals surface area contributed by atoms with Gasteiger partial charge in [-0.1, -0.05) is 17.2 Å². The van der Waals surface area contributed by atoms with Gasteiger partial charge in [0.2, 0.25) is 5.89 Å². The SMILES string of the molecule is Cc1nc2ccccc2c(=O)n1-c1nnc(-c2ccc(N)cc2)o1. The lowest BCUT2D eigenvalue weighted by atomic mass is 10.2. The average Bonchev–Trinajstić information content (AvgIpc) is 3.05. The Balaban J connectivity index is 1.87. The highest BCUT2D eigenvalue weighted by atomic mass is 16.4. The van der Waals surface area contributed by atoms with Crippen molar-refractivity contribution in [2.45, 2.75) is 6.92 Å². The Labute approximate surface area is 136 Å². The fourth-order valence-corrected chi connectivity index (χ4v) is 2.52. The van der Waals surface area contributed by atoms with E-state index in [0.717, 1.165) is 5.56 Å². The molecule has 0 unspecified atom stereocenters. The topological polar surface area (TPSA) is 99.8 Å².